The molecule has 1 aromatic rings. The maximum Gasteiger partial charge on any atom is 0.283 e. The maximum atomic E-state index is 12.0. The second-order valence-corrected chi connectivity index (χ2v) is 5.79. The van der Waals surface area contributed by atoms with E-state index < -0.39 is 0 Å². The van der Waals surface area contributed by atoms with E-state index in [0.717, 1.165) is 24.9 Å². The highest BCUT2D eigenvalue weighted by Gasteiger charge is 2.36. The molecule has 2 rings (SSSR count). The van der Waals surface area contributed by atoms with Gasteiger partial charge < -0.3 is 10.1 Å². The number of hydrogen-bond acceptors (Lipinski definition) is 4. The van der Waals surface area contributed by atoms with E-state index in [1.165, 1.54) is 11.1 Å². The molecule has 1 aliphatic carbocycles. The van der Waals surface area contributed by atoms with Crippen molar-refractivity contribution in [3.8, 4) is 0 Å². The summed E-state index contributed by atoms with van der Waals surface area (Å²) in [6.07, 6.45) is 5.91. The van der Waals surface area contributed by atoms with Gasteiger partial charge >= 0.3 is 0 Å². The summed E-state index contributed by atoms with van der Waals surface area (Å²) in [4.78, 5) is 12.0. The first kappa shape index (κ1) is 14.5. The lowest BCUT2D eigenvalue weighted by molar-refractivity contribution is -0.0601. The molecular formula is C13H20BrN3O2. The van der Waals surface area contributed by atoms with Gasteiger partial charge in [0.15, 0.2) is 0 Å². The lowest BCUT2D eigenvalue weighted by Crippen LogP contribution is -2.45. The van der Waals surface area contributed by atoms with Crippen LogP contribution in [0.2, 0.25) is 0 Å². The van der Waals surface area contributed by atoms with Gasteiger partial charge in [-0.1, -0.05) is 6.92 Å². The van der Waals surface area contributed by atoms with E-state index in [-0.39, 0.29) is 11.2 Å². The third-order valence-electron chi connectivity index (χ3n) is 3.72. The highest BCUT2D eigenvalue weighted by atomic mass is 79.9. The number of aryl methyl sites for hydroxylation is 1. The van der Waals surface area contributed by atoms with Gasteiger partial charge in [-0.3, -0.25) is 4.79 Å². The number of rotatable bonds is 6. The van der Waals surface area contributed by atoms with Crippen molar-refractivity contribution in [1.29, 1.82) is 0 Å². The van der Waals surface area contributed by atoms with Gasteiger partial charge in [0.1, 0.15) is 4.47 Å². The monoisotopic (exact) mass is 329 g/mol. The number of nitrogens with zero attached hydrogens (tertiary/aromatic N) is 2. The van der Waals surface area contributed by atoms with Crippen LogP contribution in [0.25, 0.3) is 0 Å². The van der Waals surface area contributed by atoms with Gasteiger partial charge in [0, 0.05) is 20.2 Å². The van der Waals surface area contributed by atoms with Gasteiger partial charge in [-0.15, -0.1) is 0 Å². The summed E-state index contributed by atoms with van der Waals surface area (Å²) in [6, 6.07) is 0. The fraction of sp³-hybridized carbons (Fsp3) is 0.692. The first-order chi connectivity index (χ1) is 9.12. The molecule has 0 spiro atoms. The van der Waals surface area contributed by atoms with E-state index in [9.17, 15) is 4.79 Å². The first-order valence-corrected chi connectivity index (χ1v) is 7.46. The lowest BCUT2D eigenvalue weighted by Gasteiger charge is -2.40. The van der Waals surface area contributed by atoms with Gasteiger partial charge in [0.2, 0.25) is 0 Å². The minimum Gasteiger partial charge on any atom is -0.380 e. The molecule has 0 radical (unpaired) electrons. The van der Waals surface area contributed by atoms with Crippen molar-refractivity contribution in [1.82, 2.24) is 9.78 Å². The maximum absolute atomic E-state index is 12.0. The Labute approximate surface area is 121 Å². The summed E-state index contributed by atoms with van der Waals surface area (Å²) < 4.78 is 7.57. The Morgan fingerprint density at radius 1 is 1.58 bits per heavy atom. The van der Waals surface area contributed by atoms with Crippen molar-refractivity contribution in [3.05, 3.63) is 21.0 Å². The molecule has 5 nitrogen and oxygen atoms in total. The number of halogens is 1. The molecule has 1 aliphatic rings. The zero-order valence-electron chi connectivity index (χ0n) is 11.4. The summed E-state index contributed by atoms with van der Waals surface area (Å²) in [5.74, 6) is 0. The smallest absolute Gasteiger partial charge is 0.283 e. The summed E-state index contributed by atoms with van der Waals surface area (Å²) in [5, 5.41) is 7.44. The fourth-order valence-corrected chi connectivity index (χ4v) is 2.69. The van der Waals surface area contributed by atoms with Crippen LogP contribution in [-0.2, 0) is 11.3 Å². The largest absolute Gasteiger partial charge is 0.380 e. The van der Waals surface area contributed by atoms with Crippen molar-refractivity contribution in [2.75, 3.05) is 19.0 Å². The predicted octanol–water partition coefficient (Wildman–Crippen LogP) is 2.40. The minimum absolute atomic E-state index is 0.0717. The summed E-state index contributed by atoms with van der Waals surface area (Å²) in [5.41, 5.74) is 0.574. The first-order valence-electron chi connectivity index (χ1n) is 6.66. The second-order valence-electron chi connectivity index (χ2n) is 4.99. The van der Waals surface area contributed by atoms with Crippen LogP contribution in [0, 0.1) is 0 Å². The van der Waals surface area contributed by atoms with Gasteiger partial charge in [0.25, 0.3) is 5.56 Å². The minimum atomic E-state index is -0.0908. The average molecular weight is 330 g/mol. The summed E-state index contributed by atoms with van der Waals surface area (Å²) in [7, 11) is 1.74. The topological polar surface area (TPSA) is 56.1 Å². The SMILES string of the molecule is CCCn1ncc(NCC2(OC)CCC2)c(Br)c1=O. The molecule has 6 heteroatoms. The number of ether oxygens (including phenoxy) is 1. The molecule has 1 saturated carbocycles. The predicted molar refractivity (Wildman–Crippen MR) is 78.6 cm³/mol. The Morgan fingerprint density at radius 2 is 2.32 bits per heavy atom. The number of hydrogen-bond donors (Lipinski definition) is 1. The molecule has 106 valence electrons. The molecule has 0 aliphatic heterocycles. The van der Waals surface area contributed by atoms with Crippen LogP contribution in [0.3, 0.4) is 0 Å². The molecule has 19 heavy (non-hydrogen) atoms. The van der Waals surface area contributed by atoms with Crippen LogP contribution < -0.4 is 10.9 Å². The molecule has 1 heterocycles. The van der Waals surface area contributed by atoms with Gasteiger partial charge in [-0.25, -0.2) is 4.68 Å². The Bertz CT molecular complexity index is 492. The lowest BCUT2D eigenvalue weighted by atomic mass is 9.80. The van der Waals surface area contributed by atoms with E-state index in [1.54, 1.807) is 13.3 Å². The van der Waals surface area contributed by atoms with E-state index in [1.807, 2.05) is 6.92 Å². The summed E-state index contributed by atoms with van der Waals surface area (Å²) in [6.45, 7) is 3.37. The van der Waals surface area contributed by atoms with E-state index in [4.69, 9.17) is 4.74 Å². The molecule has 0 saturated heterocycles. The van der Waals surface area contributed by atoms with Crippen molar-refractivity contribution in [2.24, 2.45) is 0 Å². The fourth-order valence-electron chi connectivity index (χ4n) is 2.24. The van der Waals surface area contributed by atoms with Crippen molar-refractivity contribution < 1.29 is 4.74 Å². The third-order valence-corrected chi connectivity index (χ3v) is 4.49. The quantitative estimate of drug-likeness (QED) is 0.870. The molecule has 1 aromatic heterocycles. The van der Waals surface area contributed by atoms with E-state index >= 15 is 0 Å². The average Bonchev–Trinajstić information content (AvgIpc) is 2.37. The highest BCUT2D eigenvalue weighted by Crippen LogP contribution is 2.35. The Hall–Kier alpha value is -0.880. The zero-order chi connectivity index (χ0) is 13.9. The van der Waals surface area contributed by atoms with Crippen molar-refractivity contribution in [3.63, 3.8) is 0 Å². The molecule has 1 N–H and O–H groups in total. The van der Waals surface area contributed by atoms with Crippen LogP contribution >= 0.6 is 15.9 Å². The standard InChI is InChI=1S/C13H20BrN3O2/c1-3-7-17-12(18)11(14)10(8-16-17)15-9-13(19-2)5-4-6-13/h8,15H,3-7,9H2,1-2H3. The molecule has 0 bridgehead atoms. The molecule has 0 amide bonds. The number of aromatic nitrogens is 2. The highest BCUT2D eigenvalue weighted by molar-refractivity contribution is 9.10. The molecule has 0 aromatic carbocycles. The van der Waals surface area contributed by atoms with Crippen LogP contribution in [0.5, 0.6) is 0 Å². The Morgan fingerprint density at radius 3 is 2.84 bits per heavy atom. The second kappa shape index (κ2) is 6.05. The van der Waals surface area contributed by atoms with Crippen molar-refractivity contribution in [2.45, 2.75) is 44.8 Å². The van der Waals surface area contributed by atoms with Crippen LogP contribution in [0.1, 0.15) is 32.6 Å². The Balaban J connectivity index is 2.09. The van der Waals surface area contributed by atoms with Crippen molar-refractivity contribution >= 4 is 21.6 Å². The number of anilines is 1. The number of nitrogens with one attached hydrogen (secondary N) is 1. The molecule has 0 atom stereocenters. The third kappa shape index (κ3) is 3.00. The van der Waals surface area contributed by atoms with Crippen LogP contribution in [-0.4, -0.2) is 29.0 Å². The molecule has 1 fully saturated rings. The normalized spacial score (nSPS) is 17.0. The van der Waals surface area contributed by atoms with Gasteiger partial charge in [0.05, 0.1) is 17.5 Å². The molecular weight excluding hydrogens is 310 g/mol. The number of methoxy groups -OCH3 is 1. The summed E-state index contributed by atoms with van der Waals surface area (Å²) >= 11 is 3.35. The van der Waals surface area contributed by atoms with Crippen LogP contribution in [0.4, 0.5) is 5.69 Å². The van der Waals surface area contributed by atoms with Gasteiger partial charge in [-0.05, 0) is 41.6 Å². The van der Waals surface area contributed by atoms with E-state index in [2.05, 4.69) is 26.3 Å². The van der Waals surface area contributed by atoms with Gasteiger partial charge in [-0.2, -0.15) is 5.10 Å². The molecule has 0 unspecified atom stereocenters. The van der Waals surface area contributed by atoms with Crippen LogP contribution in [0.15, 0.2) is 15.5 Å². The Kier molecular flexibility index (Phi) is 4.62. The zero-order valence-corrected chi connectivity index (χ0v) is 13.0. The van der Waals surface area contributed by atoms with E-state index in [0.29, 0.717) is 17.6 Å².